The second-order valence-corrected chi connectivity index (χ2v) is 7.86. The molecule has 0 unspecified atom stereocenters. The van der Waals surface area contributed by atoms with Crippen LogP contribution in [0.15, 0.2) is 24.3 Å². The molecule has 0 heterocycles. The summed E-state index contributed by atoms with van der Waals surface area (Å²) in [6.07, 6.45) is -1.50. The van der Waals surface area contributed by atoms with Crippen molar-refractivity contribution in [1.29, 1.82) is 0 Å². The Morgan fingerprint density at radius 3 is 2.13 bits per heavy atom. The molecule has 1 aromatic carbocycles. The van der Waals surface area contributed by atoms with Gasteiger partial charge in [0.2, 0.25) is 17.7 Å². The topological polar surface area (TPSA) is 188 Å². The molecular formula is C19H27N5O7. The van der Waals surface area contributed by atoms with E-state index in [4.69, 9.17) is 16.2 Å². The van der Waals surface area contributed by atoms with Gasteiger partial charge in [-0.15, -0.1) is 0 Å². The number of ether oxygens (including phenoxy) is 1. The molecule has 0 aliphatic heterocycles. The van der Waals surface area contributed by atoms with Gasteiger partial charge in [-0.1, -0.05) is 12.1 Å². The fourth-order valence-corrected chi connectivity index (χ4v) is 2.66. The van der Waals surface area contributed by atoms with Crippen molar-refractivity contribution in [1.82, 2.24) is 10.2 Å². The zero-order valence-corrected chi connectivity index (χ0v) is 17.8. The molecule has 0 fully saturated rings. The average Bonchev–Trinajstić information content (AvgIpc) is 2.62. The number of amides is 4. The highest BCUT2D eigenvalue weighted by Gasteiger charge is 2.33. The molecule has 0 aromatic heterocycles. The van der Waals surface area contributed by atoms with Crippen LogP contribution in [-0.2, 0) is 25.5 Å². The van der Waals surface area contributed by atoms with Crippen LogP contribution in [0.1, 0.15) is 32.8 Å². The number of nitro groups is 1. The molecule has 0 bridgehead atoms. The van der Waals surface area contributed by atoms with Crippen LogP contribution in [0.2, 0.25) is 0 Å². The molecular weight excluding hydrogens is 410 g/mol. The van der Waals surface area contributed by atoms with Crippen molar-refractivity contribution in [2.24, 2.45) is 11.5 Å². The maximum absolute atomic E-state index is 12.9. The highest BCUT2D eigenvalue weighted by Crippen LogP contribution is 2.16. The zero-order chi connectivity index (χ0) is 23.9. The smallest absolute Gasteiger partial charge is 0.408 e. The Hall–Kier alpha value is -3.70. The first-order valence-electron chi connectivity index (χ1n) is 9.28. The first-order chi connectivity index (χ1) is 14.2. The summed E-state index contributed by atoms with van der Waals surface area (Å²) in [5.74, 6) is -2.48. The summed E-state index contributed by atoms with van der Waals surface area (Å²) in [6.45, 7) is 4.87. The Morgan fingerprint density at radius 2 is 1.71 bits per heavy atom. The largest absolute Gasteiger partial charge is 0.444 e. The van der Waals surface area contributed by atoms with Gasteiger partial charge in [-0.3, -0.25) is 24.5 Å². The van der Waals surface area contributed by atoms with Gasteiger partial charge in [0.25, 0.3) is 5.69 Å². The minimum absolute atomic E-state index is 0.0364. The summed E-state index contributed by atoms with van der Waals surface area (Å²) < 4.78 is 5.09. The number of carbonyl (C=O) groups excluding carboxylic acids is 4. The highest BCUT2D eigenvalue weighted by molar-refractivity contribution is 5.93. The van der Waals surface area contributed by atoms with Gasteiger partial charge >= 0.3 is 6.09 Å². The van der Waals surface area contributed by atoms with Gasteiger partial charge in [0.05, 0.1) is 11.3 Å². The van der Waals surface area contributed by atoms with E-state index in [-0.39, 0.29) is 12.1 Å². The van der Waals surface area contributed by atoms with Gasteiger partial charge in [0.1, 0.15) is 17.7 Å². The Labute approximate surface area is 179 Å². The Bertz CT molecular complexity index is 848. The number of nitrogens with two attached hydrogens (primary N) is 2. The number of hydrogen-bond donors (Lipinski definition) is 3. The predicted molar refractivity (Wildman–Crippen MR) is 110 cm³/mol. The minimum Gasteiger partial charge on any atom is -0.444 e. The van der Waals surface area contributed by atoms with Crippen LogP contribution in [0.25, 0.3) is 0 Å². The lowest BCUT2D eigenvalue weighted by atomic mass is 10.0. The molecule has 12 heteroatoms. The molecule has 170 valence electrons. The van der Waals surface area contributed by atoms with Crippen LogP contribution in [0.3, 0.4) is 0 Å². The number of primary amides is 2. The van der Waals surface area contributed by atoms with E-state index in [1.807, 2.05) is 0 Å². The minimum atomic E-state index is -1.38. The number of alkyl carbamates (subject to hydrolysis) is 1. The number of carbonyl (C=O) groups is 4. The maximum Gasteiger partial charge on any atom is 0.408 e. The molecule has 0 spiro atoms. The molecule has 2 atom stereocenters. The Kier molecular flexibility index (Phi) is 8.47. The van der Waals surface area contributed by atoms with Crippen molar-refractivity contribution in [3.63, 3.8) is 0 Å². The molecule has 0 saturated heterocycles. The van der Waals surface area contributed by atoms with Crippen LogP contribution in [0, 0.1) is 10.1 Å². The van der Waals surface area contributed by atoms with Crippen molar-refractivity contribution in [3.05, 3.63) is 39.9 Å². The molecule has 0 saturated carbocycles. The third kappa shape index (κ3) is 8.28. The predicted octanol–water partition coefficient (Wildman–Crippen LogP) is 0.218. The lowest BCUT2D eigenvalue weighted by molar-refractivity contribution is -0.384. The van der Waals surface area contributed by atoms with E-state index in [1.165, 1.54) is 31.3 Å². The molecule has 0 aliphatic carbocycles. The maximum atomic E-state index is 12.9. The first kappa shape index (κ1) is 25.3. The summed E-state index contributed by atoms with van der Waals surface area (Å²) in [6, 6.07) is 2.86. The summed E-state index contributed by atoms with van der Waals surface area (Å²) in [5.41, 5.74) is 10.2. The van der Waals surface area contributed by atoms with Crippen molar-refractivity contribution in [3.8, 4) is 0 Å². The number of rotatable bonds is 9. The molecule has 4 amide bonds. The van der Waals surface area contributed by atoms with Crippen LogP contribution in [-0.4, -0.2) is 58.4 Å². The van der Waals surface area contributed by atoms with Gasteiger partial charge in [0.15, 0.2) is 0 Å². The van der Waals surface area contributed by atoms with E-state index in [0.717, 1.165) is 4.90 Å². The monoisotopic (exact) mass is 437 g/mol. The van der Waals surface area contributed by atoms with Crippen LogP contribution < -0.4 is 16.8 Å². The lowest BCUT2D eigenvalue weighted by Gasteiger charge is -2.30. The van der Waals surface area contributed by atoms with Gasteiger partial charge in [-0.05, 0) is 26.3 Å². The molecule has 1 rings (SSSR count). The summed E-state index contributed by atoms with van der Waals surface area (Å²) >= 11 is 0. The summed E-state index contributed by atoms with van der Waals surface area (Å²) in [5, 5.41) is 13.1. The Morgan fingerprint density at radius 1 is 1.16 bits per heavy atom. The zero-order valence-electron chi connectivity index (χ0n) is 17.8. The molecule has 31 heavy (non-hydrogen) atoms. The van der Waals surface area contributed by atoms with E-state index in [0.29, 0.717) is 5.56 Å². The number of nitro benzene ring substituents is 1. The number of benzene rings is 1. The number of likely N-dealkylation sites (N-methyl/N-ethyl adjacent to an activating group) is 1. The van der Waals surface area contributed by atoms with Crippen molar-refractivity contribution < 1.29 is 28.8 Å². The standard InChI is InChI=1S/C19H27N5O7/c1-19(2,3)31-18(28)22-13(10-15(20)25)17(27)23(4)14(16(21)26)9-11-5-7-12(8-6-11)24(29)30/h5-8,13-14H,9-10H2,1-4H3,(H2,20,25)(H2,21,26)(H,22,28)/t13-,14-/m0/s1. The quantitative estimate of drug-likeness (QED) is 0.364. The highest BCUT2D eigenvalue weighted by atomic mass is 16.6. The molecule has 0 radical (unpaired) electrons. The normalized spacial score (nSPS) is 12.9. The Balaban J connectivity index is 3.03. The van der Waals surface area contributed by atoms with E-state index < -0.39 is 52.8 Å². The van der Waals surface area contributed by atoms with Crippen LogP contribution >= 0.6 is 0 Å². The van der Waals surface area contributed by atoms with Crippen molar-refractivity contribution in [2.75, 3.05) is 7.05 Å². The fraction of sp³-hybridized carbons (Fsp3) is 0.474. The van der Waals surface area contributed by atoms with Gasteiger partial charge in [-0.25, -0.2) is 4.79 Å². The molecule has 1 aromatic rings. The van der Waals surface area contributed by atoms with Crippen LogP contribution in [0.5, 0.6) is 0 Å². The number of nitrogens with zero attached hydrogens (tertiary/aromatic N) is 2. The number of non-ortho nitro benzene ring substituents is 1. The van der Waals surface area contributed by atoms with E-state index in [9.17, 15) is 29.3 Å². The molecule has 5 N–H and O–H groups in total. The van der Waals surface area contributed by atoms with Crippen LogP contribution in [0.4, 0.5) is 10.5 Å². The second kappa shape index (κ2) is 10.4. The average molecular weight is 437 g/mol. The van der Waals surface area contributed by atoms with Gasteiger partial charge in [-0.2, -0.15) is 0 Å². The fourth-order valence-electron chi connectivity index (χ4n) is 2.66. The molecule has 12 nitrogen and oxygen atoms in total. The lowest BCUT2D eigenvalue weighted by Crippen LogP contribution is -2.55. The SMILES string of the molecule is CN(C(=O)[C@H](CC(N)=O)NC(=O)OC(C)(C)C)[C@@H](Cc1ccc([N+](=O)[O-])cc1)C(N)=O. The number of nitrogens with one attached hydrogen (secondary N) is 1. The molecule has 0 aliphatic rings. The van der Waals surface area contributed by atoms with Crippen molar-refractivity contribution >= 4 is 29.5 Å². The number of hydrogen-bond acceptors (Lipinski definition) is 7. The van der Waals surface area contributed by atoms with Crippen molar-refractivity contribution in [2.45, 2.75) is 51.3 Å². The van der Waals surface area contributed by atoms with E-state index >= 15 is 0 Å². The van der Waals surface area contributed by atoms with E-state index in [1.54, 1.807) is 20.8 Å². The second-order valence-electron chi connectivity index (χ2n) is 7.86. The van der Waals surface area contributed by atoms with E-state index in [2.05, 4.69) is 5.32 Å². The first-order valence-corrected chi connectivity index (χ1v) is 9.28. The summed E-state index contributed by atoms with van der Waals surface area (Å²) in [4.78, 5) is 59.6. The third-order valence-corrected chi connectivity index (χ3v) is 4.11. The van der Waals surface area contributed by atoms with Gasteiger partial charge in [0, 0.05) is 25.6 Å². The van der Waals surface area contributed by atoms with Gasteiger partial charge < -0.3 is 26.4 Å². The third-order valence-electron chi connectivity index (χ3n) is 4.11. The summed E-state index contributed by atoms with van der Waals surface area (Å²) in [7, 11) is 1.29.